The van der Waals surface area contributed by atoms with Crippen molar-refractivity contribution in [2.75, 3.05) is 40.0 Å². The Bertz CT molecular complexity index is 516. The lowest BCUT2D eigenvalue weighted by atomic mass is 9.74. The van der Waals surface area contributed by atoms with Crippen LogP contribution in [0.3, 0.4) is 0 Å². The van der Waals surface area contributed by atoms with Gasteiger partial charge < -0.3 is 20.1 Å². The number of rotatable bonds is 8. The molecule has 1 aromatic rings. The molecule has 6 heteroatoms. The summed E-state index contributed by atoms with van der Waals surface area (Å²) >= 11 is 0. The van der Waals surface area contributed by atoms with Crippen LogP contribution in [-0.2, 0) is 14.9 Å². The molecule has 1 unspecified atom stereocenters. The third-order valence-corrected chi connectivity index (χ3v) is 4.79. The second-order valence-electron chi connectivity index (χ2n) is 6.53. The average Bonchev–Trinajstić information content (AvgIpc) is 2.61. The van der Waals surface area contributed by atoms with E-state index in [4.69, 9.17) is 9.47 Å². The summed E-state index contributed by atoms with van der Waals surface area (Å²) in [4.78, 5) is 12.3. The van der Waals surface area contributed by atoms with E-state index >= 15 is 0 Å². The maximum absolute atomic E-state index is 12.3. The van der Waals surface area contributed by atoms with Crippen LogP contribution < -0.4 is 15.4 Å². The van der Waals surface area contributed by atoms with Crippen LogP contribution in [-0.4, -0.2) is 45.9 Å². The minimum atomic E-state index is -0.0575. The highest BCUT2D eigenvalue weighted by molar-refractivity contribution is 5.85. The SMILES string of the molecule is CCOc1ccc(C2(CNC(=O)C(C)CNC)CCOCC2)cc1.Cl. The molecule has 0 aliphatic carbocycles. The zero-order chi connectivity index (χ0) is 17.4. The molecule has 0 radical (unpaired) electrons. The molecule has 1 heterocycles. The lowest BCUT2D eigenvalue weighted by molar-refractivity contribution is -0.124. The van der Waals surface area contributed by atoms with Crippen LogP contribution in [0.15, 0.2) is 24.3 Å². The Morgan fingerprint density at radius 3 is 2.48 bits per heavy atom. The van der Waals surface area contributed by atoms with Crippen LogP contribution in [0, 0.1) is 5.92 Å². The maximum atomic E-state index is 12.3. The monoisotopic (exact) mass is 370 g/mol. The summed E-state index contributed by atoms with van der Waals surface area (Å²) in [5.74, 6) is 0.948. The molecule has 0 aromatic heterocycles. The van der Waals surface area contributed by atoms with Crippen molar-refractivity contribution in [1.29, 1.82) is 0 Å². The molecular formula is C19H31ClN2O3. The lowest BCUT2D eigenvalue weighted by Crippen LogP contribution is -2.46. The van der Waals surface area contributed by atoms with E-state index < -0.39 is 0 Å². The van der Waals surface area contributed by atoms with Crippen molar-refractivity contribution in [3.8, 4) is 5.75 Å². The van der Waals surface area contributed by atoms with Crippen LogP contribution in [0.4, 0.5) is 0 Å². The van der Waals surface area contributed by atoms with Crippen LogP contribution in [0.5, 0.6) is 5.75 Å². The first-order valence-corrected chi connectivity index (χ1v) is 8.84. The molecule has 5 nitrogen and oxygen atoms in total. The van der Waals surface area contributed by atoms with E-state index in [1.807, 2.05) is 33.0 Å². The summed E-state index contributed by atoms with van der Waals surface area (Å²) in [5, 5.41) is 6.20. The van der Waals surface area contributed by atoms with Gasteiger partial charge in [-0.1, -0.05) is 19.1 Å². The number of amides is 1. The van der Waals surface area contributed by atoms with Gasteiger partial charge in [-0.3, -0.25) is 4.79 Å². The molecule has 25 heavy (non-hydrogen) atoms. The van der Waals surface area contributed by atoms with Gasteiger partial charge in [0.2, 0.25) is 5.91 Å². The predicted molar refractivity (Wildman–Crippen MR) is 103 cm³/mol. The minimum Gasteiger partial charge on any atom is -0.494 e. The average molecular weight is 371 g/mol. The normalized spacial score (nSPS) is 17.2. The minimum absolute atomic E-state index is 0. The molecule has 1 fully saturated rings. The van der Waals surface area contributed by atoms with Gasteiger partial charge >= 0.3 is 0 Å². The third-order valence-electron chi connectivity index (χ3n) is 4.79. The van der Waals surface area contributed by atoms with Crippen LogP contribution in [0.1, 0.15) is 32.3 Å². The summed E-state index contributed by atoms with van der Waals surface area (Å²) in [6, 6.07) is 8.28. The Hall–Kier alpha value is -1.30. The van der Waals surface area contributed by atoms with E-state index in [0.29, 0.717) is 19.7 Å². The summed E-state index contributed by atoms with van der Waals surface area (Å²) in [6.07, 6.45) is 1.84. The number of carbonyl (C=O) groups is 1. The fourth-order valence-corrected chi connectivity index (χ4v) is 3.23. The molecule has 0 saturated carbocycles. The van der Waals surface area contributed by atoms with Crippen molar-refractivity contribution in [3.63, 3.8) is 0 Å². The van der Waals surface area contributed by atoms with E-state index in [9.17, 15) is 4.79 Å². The quantitative estimate of drug-likeness (QED) is 0.738. The van der Waals surface area contributed by atoms with Gasteiger partial charge in [0.1, 0.15) is 5.75 Å². The molecule has 2 N–H and O–H groups in total. The molecule has 1 amide bonds. The second kappa shape index (κ2) is 10.6. The number of benzene rings is 1. The first-order chi connectivity index (χ1) is 11.6. The van der Waals surface area contributed by atoms with Crippen molar-refractivity contribution >= 4 is 18.3 Å². The first-order valence-electron chi connectivity index (χ1n) is 8.84. The third kappa shape index (κ3) is 5.87. The van der Waals surface area contributed by atoms with Gasteiger partial charge in [-0.15, -0.1) is 12.4 Å². The van der Waals surface area contributed by atoms with Gasteiger partial charge in [-0.05, 0) is 44.5 Å². The second-order valence-corrected chi connectivity index (χ2v) is 6.53. The van der Waals surface area contributed by atoms with Gasteiger partial charge in [0.25, 0.3) is 0 Å². The van der Waals surface area contributed by atoms with E-state index in [1.165, 1.54) is 5.56 Å². The summed E-state index contributed by atoms with van der Waals surface area (Å²) < 4.78 is 11.1. The van der Waals surface area contributed by atoms with Gasteiger partial charge in [0.05, 0.1) is 6.61 Å². The van der Waals surface area contributed by atoms with Gasteiger partial charge in [-0.25, -0.2) is 0 Å². The molecule has 1 aliphatic heterocycles. The summed E-state index contributed by atoms with van der Waals surface area (Å²) in [7, 11) is 1.86. The number of halogens is 1. The molecule has 142 valence electrons. The number of hydrogen-bond acceptors (Lipinski definition) is 4. The molecule has 2 rings (SSSR count). The van der Waals surface area contributed by atoms with E-state index in [2.05, 4.69) is 22.8 Å². The Kier molecular flexibility index (Phi) is 9.25. The van der Waals surface area contributed by atoms with Crippen molar-refractivity contribution in [2.45, 2.75) is 32.1 Å². The lowest BCUT2D eigenvalue weighted by Gasteiger charge is -2.38. The Morgan fingerprint density at radius 2 is 1.92 bits per heavy atom. The van der Waals surface area contributed by atoms with Crippen molar-refractivity contribution < 1.29 is 14.3 Å². The molecule has 1 aromatic carbocycles. The zero-order valence-electron chi connectivity index (χ0n) is 15.5. The number of carbonyl (C=O) groups excluding carboxylic acids is 1. The van der Waals surface area contributed by atoms with Gasteiger partial charge in [0, 0.05) is 37.6 Å². The Balaban J connectivity index is 0.00000312. The van der Waals surface area contributed by atoms with Gasteiger partial charge in [-0.2, -0.15) is 0 Å². The van der Waals surface area contributed by atoms with E-state index in [1.54, 1.807) is 0 Å². The van der Waals surface area contributed by atoms with Crippen molar-refractivity contribution in [3.05, 3.63) is 29.8 Å². The number of ether oxygens (including phenoxy) is 2. The van der Waals surface area contributed by atoms with Gasteiger partial charge in [0.15, 0.2) is 0 Å². The van der Waals surface area contributed by atoms with Crippen molar-refractivity contribution in [1.82, 2.24) is 10.6 Å². The Labute approximate surface area is 157 Å². The van der Waals surface area contributed by atoms with Crippen LogP contribution >= 0.6 is 12.4 Å². The maximum Gasteiger partial charge on any atom is 0.224 e. The largest absolute Gasteiger partial charge is 0.494 e. The first kappa shape index (κ1) is 21.7. The highest BCUT2D eigenvalue weighted by Crippen LogP contribution is 2.35. The fraction of sp³-hybridized carbons (Fsp3) is 0.632. The number of hydrogen-bond donors (Lipinski definition) is 2. The van der Waals surface area contributed by atoms with Crippen molar-refractivity contribution in [2.24, 2.45) is 5.92 Å². The molecule has 1 atom stereocenters. The van der Waals surface area contributed by atoms with Crippen LogP contribution in [0.25, 0.3) is 0 Å². The smallest absolute Gasteiger partial charge is 0.224 e. The fourth-order valence-electron chi connectivity index (χ4n) is 3.23. The molecule has 1 saturated heterocycles. The molecule has 0 bridgehead atoms. The van der Waals surface area contributed by atoms with E-state index in [-0.39, 0.29) is 29.6 Å². The standard InChI is InChI=1S/C19H30N2O3.ClH/c1-4-24-17-7-5-16(6-8-17)19(9-11-23-12-10-19)14-21-18(22)15(2)13-20-3;/h5-8,15,20H,4,9-14H2,1-3H3,(H,21,22);1H. The van der Waals surface area contributed by atoms with Crippen LogP contribution in [0.2, 0.25) is 0 Å². The molecular weight excluding hydrogens is 340 g/mol. The summed E-state index contributed by atoms with van der Waals surface area (Å²) in [6.45, 7) is 7.39. The number of nitrogens with one attached hydrogen (secondary N) is 2. The predicted octanol–water partition coefficient (Wildman–Crippen LogP) is 2.53. The Morgan fingerprint density at radius 1 is 1.28 bits per heavy atom. The highest BCUT2D eigenvalue weighted by atomic mass is 35.5. The summed E-state index contributed by atoms with van der Waals surface area (Å²) in [5.41, 5.74) is 1.19. The molecule has 1 aliphatic rings. The zero-order valence-corrected chi connectivity index (χ0v) is 16.3. The highest BCUT2D eigenvalue weighted by Gasteiger charge is 2.35. The topological polar surface area (TPSA) is 59.6 Å². The van der Waals surface area contributed by atoms with E-state index in [0.717, 1.165) is 31.8 Å². The molecule has 0 spiro atoms.